The first-order chi connectivity index (χ1) is 9.27. The van der Waals surface area contributed by atoms with Crippen molar-refractivity contribution in [2.75, 3.05) is 0 Å². The van der Waals surface area contributed by atoms with E-state index in [1.165, 1.54) is 83.5 Å². The fourth-order valence-corrected chi connectivity index (χ4v) is 2.45. The van der Waals surface area contributed by atoms with Gasteiger partial charge in [-0.15, -0.1) is 0 Å². The zero-order valence-electron chi connectivity index (χ0n) is 13.9. The second kappa shape index (κ2) is 15.8. The molecule has 0 fully saturated rings. The standard InChI is InChI=1S/C19H38/c1-4-5-6-7-8-9-10-11-12-13-14-15-16-17-18-19(2)3/h14-15,19H,4-13,16-18H2,1-3H3/b15-14+. The van der Waals surface area contributed by atoms with Crippen molar-refractivity contribution < 1.29 is 0 Å². The van der Waals surface area contributed by atoms with Crippen molar-refractivity contribution in [3.8, 4) is 0 Å². The van der Waals surface area contributed by atoms with Crippen LogP contribution in [-0.2, 0) is 0 Å². The Balaban J connectivity index is 3.03. The third kappa shape index (κ3) is 17.7. The third-order valence-electron chi connectivity index (χ3n) is 3.79. The van der Waals surface area contributed by atoms with E-state index in [4.69, 9.17) is 0 Å². The fourth-order valence-electron chi connectivity index (χ4n) is 2.45. The predicted molar refractivity (Wildman–Crippen MR) is 89.7 cm³/mol. The summed E-state index contributed by atoms with van der Waals surface area (Å²) in [6, 6.07) is 0. The lowest BCUT2D eigenvalue weighted by atomic mass is 10.1. The SMILES string of the molecule is CCCCCCCCCCC/C=C/CCCC(C)C. The molecule has 0 nitrogen and oxygen atoms in total. The summed E-state index contributed by atoms with van der Waals surface area (Å²) in [6.07, 6.45) is 23.1. The van der Waals surface area contributed by atoms with E-state index in [0.29, 0.717) is 0 Å². The topological polar surface area (TPSA) is 0 Å². The molecule has 0 rings (SSSR count). The molecule has 0 aliphatic heterocycles. The highest BCUT2D eigenvalue weighted by Crippen LogP contribution is 2.11. The lowest BCUT2D eigenvalue weighted by molar-refractivity contribution is 0.558. The minimum Gasteiger partial charge on any atom is -0.0885 e. The van der Waals surface area contributed by atoms with E-state index in [2.05, 4.69) is 32.9 Å². The summed E-state index contributed by atoms with van der Waals surface area (Å²) in [4.78, 5) is 0. The molecule has 114 valence electrons. The molecule has 0 amide bonds. The quantitative estimate of drug-likeness (QED) is 0.229. The molecule has 0 heterocycles. The van der Waals surface area contributed by atoms with E-state index in [0.717, 1.165) is 5.92 Å². The maximum atomic E-state index is 2.40. The van der Waals surface area contributed by atoms with Crippen LogP contribution in [0.15, 0.2) is 12.2 Å². The summed E-state index contributed by atoms with van der Waals surface area (Å²) in [5.41, 5.74) is 0. The highest BCUT2D eigenvalue weighted by Gasteiger charge is 1.92. The Kier molecular flexibility index (Phi) is 15.6. The maximum absolute atomic E-state index is 2.40. The minimum absolute atomic E-state index is 0.866. The molecule has 0 bridgehead atoms. The summed E-state index contributed by atoms with van der Waals surface area (Å²) in [5, 5.41) is 0. The molecule has 0 heteroatoms. The van der Waals surface area contributed by atoms with Gasteiger partial charge in [0.1, 0.15) is 0 Å². The number of unbranched alkanes of at least 4 members (excludes halogenated alkanes) is 10. The second-order valence-electron chi connectivity index (χ2n) is 6.41. The number of hydrogen-bond acceptors (Lipinski definition) is 0. The molecule has 19 heavy (non-hydrogen) atoms. The van der Waals surface area contributed by atoms with E-state index in [9.17, 15) is 0 Å². The maximum Gasteiger partial charge on any atom is -0.0351 e. The van der Waals surface area contributed by atoms with Crippen molar-refractivity contribution in [3.63, 3.8) is 0 Å². The highest BCUT2D eigenvalue weighted by atomic mass is 14.0. The van der Waals surface area contributed by atoms with Gasteiger partial charge in [0, 0.05) is 0 Å². The summed E-state index contributed by atoms with van der Waals surface area (Å²) < 4.78 is 0. The molecule has 0 aromatic heterocycles. The van der Waals surface area contributed by atoms with Crippen LogP contribution in [-0.4, -0.2) is 0 Å². The Morgan fingerprint density at radius 3 is 1.63 bits per heavy atom. The number of rotatable bonds is 14. The molecule has 0 spiro atoms. The molecule has 0 N–H and O–H groups in total. The van der Waals surface area contributed by atoms with E-state index < -0.39 is 0 Å². The van der Waals surface area contributed by atoms with Crippen LogP contribution in [0.25, 0.3) is 0 Å². The molecular weight excluding hydrogens is 228 g/mol. The van der Waals surface area contributed by atoms with Crippen molar-refractivity contribution in [1.29, 1.82) is 0 Å². The average molecular weight is 267 g/mol. The Morgan fingerprint density at radius 2 is 1.11 bits per heavy atom. The molecule has 0 aliphatic carbocycles. The van der Waals surface area contributed by atoms with Crippen molar-refractivity contribution in [3.05, 3.63) is 12.2 Å². The first-order valence-electron chi connectivity index (χ1n) is 8.92. The van der Waals surface area contributed by atoms with Crippen LogP contribution >= 0.6 is 0 Å². The molecule has 0 aromatic rings. The Morgan fingerprint density at radius 1 is 0.632 bits per heavy atom. The Hall–Kier alpha value is -0.260. The van der Waals surface area contributed by atoms with Gasteiger partial charge in [0.05, 0.1) is 0 Å². The highest BCUT2D eigenvalue weighted by molar-refractivity contribution is 4.81. The van der Waals surface area contributed by atoms with Crippen molar-refractivity contribution in [1.82, 2.24) is 0 Å². The zero-order valence-corrected chi connectivity index (χ0v) is 13.9. The van der Waals surface area contributed by atoms with Crippen molar-refractivity contribution in [2.45, 2.75) is 104 Å². The van der Waals surface area contributed by atoms with Gasteiger partial charge in [0.2, 0.25) is 0 Å². The molecule has 0 aromatic carbocycles. The number of allylic oxidation sites excluding steroid dienone is 2. The van der Waals surface area contributed by atoms with Gasteiger partial charge in [0.15, 0.2) is 0 Å². The van der Waals surface area contributed by atoms with Gasteiger partial charge in [-0.2, -0.15) is 0 Å². The molecule has 0 saturated carbocycles. The monoisotopic (exact) mass is 266 g/mol. The van der Waals surface area contributed by atoms with Crippen LogP contribution in [0.3, 0.4) is 0 Å². The largest absolute Gasteiger partial charge is 0.0885 e. The van der Waals surface area contributed by atoms with Crippen LogP contribution in [0, 0.1) is 5.92 Å². The Labute approximate surface area is 123 Å². The molecular formula is C19H38. The van der Waals surface area contributed by atoms with E-state index in [1.54, 1.807) is 0 Å². The van der Waals surface area contributed by atoms with E-state index in [-0.39, 0.29) is 0 Å². The lowest BCUT2D eigenvalue weighted by Gasteiger charge is -2.01. The Bertz CT molecular complexity index is 178. The second-order valence-corrected chi connectivity index (χ2v) is 6.41. The number of hydrogen-bond donors (Lipinski definition) is 0. The minimum atomic E-state index is 0.866. The van der Waals surface area contributed by atoms with E-state index >= 15 is 0 Å². The third-order valence-corrected chi connectivity index (χ3v) is 3.79. The first-order valence-corrected chi connectivity index (χ1v) is 8.92. The normalized spacial score (nSPS) is 11.8. The molecule has 0 atom stereocenters. The lowest BCUT2D eigenvalue weighted by Crippen LogP contribution is -1.85. The van der Waals surface area contributed by atoms with Crippen LogP contribution in [0.5, 0.6) is 0 Å². The fraction of sp³-hybridized carbons (Fsp3) is 0.895. The van der Waals surface area contributed by atoms with Gasteiger partial charge < -0.3 is 0 Å². The first kappa shape index (κ1) is 18.7. The predicted octanol–water partition coefficient (Wildman–Crippen LogP) is 7.29. The van der Waals surface area contributed by atoms with Gasteiger partial charge >= 0.3 is 0 Å². The summed E-state index contributed by atoms with van der Waals surface area (Å²) in [5.74, 6) is 0.866. The van der Waals surface area contributed by atoms with Gasteiger partial charge in [-0.3, -0.25) is 0 Å². The average Bonchev–Trinajstić information content (AvgIpc) is 2.39. The molecule has 0 unspecified atom stereocenters. The summed E-state index contributed by atoms with van der Waals surface area (Å²) >= 11 is 0. The smallest absolute Gasteiger partial charge is 0.0351 e. The van der Waals surface area contributed by atoms with Crippen molar-refractivity contribution >= 4 is 0 Å². The van der Waals surface area contributed by atoms with Crippen molar-refractivity contribution in [2.24, 2.45) is 5.92 Å². The van der Waals surface area contributed by atoms with Crippen LogP contribution in [0.2, 0.25) is 0 Å². The summed E-state index contributed by atoms with van der Waals surface area (Å²) in [7, 11) is 0. The van der Waals surface area contributed by atoms with Crippen LogP contribution in [0.4, 0.5) is 0 Å². The van der Waals surface area contributed by atoms with Gasteiger partial charge in [-0.1, -0.05) is 90.7 Å². The molecule has 0 radical (unpaired) electrons. The zero-order chi connectivity index (χ0) is 14.2. The van der Waals surface area contributed by atoms with Crippen LogP contribution < -0.4 is 0 Å². The van der Waals surface area contributed by atoms with Gasteiger partial charge in [0.25, 0.3) is 0 Å². The summed E-state index contributed by atoms with van der Waals surface area (Å²) in [6.45, 7) is 6.91. The van der Waals surface area contributed by atoms with Gasteiger partial charge in [-0.25, -0.2) is 0 Å². The molecule has 0 aliphatic rings. The molecule has 0 saturated heterocycles. The van der Waals surface area contributed by atoms with Gasteiger partial charge in [-0.05, 0) is 31.6 Å². The van der Waals surface area contributed by atoms with E-state index in [1.807, 2.05) is 0 Å². The van der Waals surface area contributed by atoms with Crippen LogP contribution in [0.1, 0.15) is 104 Å².